The van der Waals surface area contributed by atoms with Crippen LogP contribution >= 0.6 is 0 Å². The van der Waals surface area contributed by atoms with Crippen LogP contribution in [0.25, 0.3) is 0 Å². The Hall–Kier alpha value is -1.31. The first-order valence-corrected chi connectivity index (χ1v) is 6.20. The number of rotatable bonds is 4. The Kier molecular flexibility index (Phi) is 3.97. The number of hydrogen-bond acceptors (Lipinski definition) is 2. The van der Waals surface area contributed by atoms with Gasteiger partial charge in [-0.2, -0.15) is 0 Å². The molecular formula is C14H20N2. The molecule has 0 amide bonds. The molecule has 0 bridgehead atoms. The molecule has 1 saturated carbocycles. The second-order valence-electron chi connectivity index (χ2n) is 4.42. The number of aromatic nitrogens is 1. The van der Waals surface area contributed by atoms with Crippen LogP contribution in [0, 0.1) is 0 Å². The SMILES string of the molecule is C=CCN(c1ccccn1)C1CCCCC1. The van der Waals surface area contributed by atoms with Crippen molar-refractivity contribution in [3.05, 3.63) is 37.1 Å². The Morgan fingerprint density at radius 3 is 2.75 bits per heavy atom. The second kappa shape index (κ2) is 5.69. The zero-order valence-electron chi connectivity index (χ0n) is 9.81. The molecule has 1 fully saturated rings. The molecule has 0 atom stereocenters. The topological polar surface area (TPSA) is 16.1 Å². The first kappa shape index (κ1) is 11.2. The van der Waals surface area contributed by atoms with E-state index in [1.165, 1.54) is 32.1 Å². The molecule has 1 aromatic rings. The number of anilines is 1. The van der Waals surface area contributed by atoms with Gasteiger partial charge in [0.2, 0.25) is 0 Å². The van der Waals surface area contributed by atoms with E-state index in [0.29, 0.717) is 6.04 Å². The first-order chi connectivity index (χ1) is 7.92. The smallest absolute Gasteiger partial charge is 0.128 e. The maximum absolute atomic E-state index is 4.45. The molecule has 0 N–H and O–H groups in total. The van der Waals surface area contributed by atoms with Crippen molar-refractivity contribution < 1.29 is 0 Å². The fourth-order valence-corrected chi connectivity index (χ4v) is 2.49. The third-order valence-corrected chi connectivity index (χ3v) is 3.28. The Labute approximate surface area is 98.0 Å². The molecule has 0 radical (unpaired) electrons. The van der Waals surface area contributed by atoms with Crippen molar-refractivity contribution in [1.29, 1.82) is 0 Å². The molecule has 1 aliphatic carbocycles. The van der Waals surface area contributed by atoms with E-state index in [-0.39, 0.29) is 0 Å². The van der Waals surface area contributed by atoms with Crippen molar-refractivity contribution >= 4 is 5.82 Å². The second-order valence-corrected chi connectivity index (χ2v) is 4.42. The van der Waals surface area contributed by atoms with Gasteiger partial charge in [0.1, 0.15) is 5.82 Å². The van der Waals surface area contributed by atoms with Crippen molar-refractivity contribution in [3.63, 3.8) is 0 Å². The van der Waals surface area contributed by atoms with Crippen LogP contribution in [-0.4, -0.2) is 17.6 Å². The quantitative estimate of drug-likeness (QED) is 0.717. The molecule has 0 unspecified atom stereocenters. The standard InChI is InChI=1S/C14H20N2/c1-2-12-16(13-8-4-3-5-9-13)14-10-6-7-11-15-14/h2,6-7,10-11,13H,1,3-5,8-9,12H2. The van der Waals surface area contributed by atoms with Crippen LogP contribution in [-0.2, 0) is 0 Å². The normalized spacial score (nSPS) is 17.0. The molecule has 86 valence electrons. The molecular weight excluding hydrogens is 196 g/mol. The summed E-state index contributed by atoms with van der Waals surface area (Å²) in [5.74, 6) is 1.09. The minimum Gasteiger partial charge on any atom is -0.350 e. The van der Waals surface area contributed by atoms with E-state index in [1.54, 1.807) is 0 Å². The Morgan fingerprint density at radius 2 is 2.12 bits per heavy atom. The molecule has 1 heterocycles. The maximum atomic E-state index is 4.45. The van der Waals surface area contributed by atoms with Crippen LogP contribution in [0.3, 0.4) is 0 Å². The highest BCUT2D eigenvalue weighted by atomic mass is 15.2. The van der Waals surface area contributed by atoms with Crippen molar-refractivity contribution in [2.75, 3.05) is 11.4 Å². The van der Waals surface area contributed by atoms with Gasteiger partial charge in [-0.1, -0.05) is 31.4 Å². The van der Waals surface area contributed by atoms with Crippen molar-refractivity contribution in [2.45, 2.75) is 38.1 Å². The van der Waals surface area contributed by atoms with Crippen LogP contribution in [0.1, 0.15) is 32.1 Å². The lowest BCUT2D eigenvalue weighted by Crippen LogP contribution is -2.37. The van der Waals surface area contributed by atoms with Gasteiger partial charge in [0, 0.05) is 18.8 Å². The summed E-state index contributed by atoms with van der Waals surface area (Å²) in [6, 6.07) is 6.78. The summed E-state index contributed by atoms with van der Waals surface area (Å²) in [6.45, 7) is 4.76. The van der Waals surface area contributed by atoms with Crippen molar-refractivity contribution in [3.8, 4) is 0 Å². The van der Waals surface area contributed by atoms with Gasteiger partial charge < -0.3 is 4.90 Å². The van der Waals surface area contributed by atoms with E-state index in [4.69, 9.17) is 0 Å². The molecule has 2 nitrogen and oxygen atoms in total. The van der Waals surface area contributed by atoms with E-state index in [0.717, 1.165) is 12.4 Å². The van der Waals surface area contributed by atoms with Crippen LogP contribution in [0.15, 0.2) is 37.1 Å². The monoisotopic (exact) mass is 216 g/mol. The average molecular weight is 216 g/mol. The molecule has 16 heavy (non-hydrogen) atoms. The largest absolute Gasteiger partial charge is 0.350 e. The zero-order chi connectivity index (χ0) is 11.2. The molecule has 1 aliphatic rings. The predicted octanol–water partition coefficient (Wildman–Crippen LogP) is 3.41. The van der Waals surface area contributed by atoms with Gasteiger partial charge >= 0.3 is 0 Å². The third-order valence-electron chi connectivity index (χ3n) is 3.28. The van der Waals surface area contributed by atoms with Gasteiger partial charge in [-0.3, -0.25) is 0 Å². The van der Waals surface area contributed by atoms with Gasteiger partial charge in [0.15, 0.2) is 0 Å². The molecule has 0 aliphatic heterocycles. The number of pyridine rings is 1. The van der Waals surface area contributed by atoms with Gasteiger partial charge in [0.25, 0.3) is 0 Å². The summed E-state index contributed by atoms with van der Waals surface area (Å²) in [7, 11) is 0. The van der Waals surface area contributed by atoms with Crippen LogP contribution in [0.2, 0.25) is 0 Å². The lowest BCUT2D eigenvalue weighted by molar-refractivity contribution is 0.420. The lowest BCUT2D eigenvalue weighted by Gasteiger charge is -2.34. The summed E-state index contributed by atoms with van der Waals surface area (Å²) >= 11 is 0. The zero-order valence-corrected chi connectivity index (χ0v) is 9.81. The van der Waals surface area contributed by atoms with E-state index in [9.17, 15) is 0 Å². The Morgan fingerprint density at radius 1 is 1.31 bits per heavy atom. The van der Waals surface area contributed by atoms with Crippen LogP contribution in [0.4, 0.5) is 5.82 Å². The lowest BCUT2D eigenvalue weighted by atomic mass is 9.94. The summed E-state index contributed by atoms with van der Waals surface area (Å²) in [6.07, 6.45) is 10.5. The molecule has 1 aromatic heterocycles. The third kappa shape index (κ3) is 2.63. The van der Waals surface area contributed by atoms with Gasteiger partial charge in [0.05, 0.1) is 0 Å². The highest BCUT2D eigenvalue weighted by Gasteiger charge is 2.20. The minimum absolute atomic E-state index is 0.654. The molecule has 2 rings (SSSR count). The summed E-state index contributed by atoms with van der Waals surface area (Å²) < 4.78 is 0. The Balaban J connectivity index is 2.12. The van der Waals surface area contributed by atoms with Crippen molar-refractivity contribution in [1.82, 2.24) is 4.98 Å². The highest BCUT2D eigenvalue weighted by molar-refractivity contribution is 5.40. The fourth-order valence-electron chi connectivity index (χ4n) is 2.49. The molecule has 0 spiro atoms. The number of nitrogens with zero attached hydrogens (tertiary/aromatic N) is 2. The minimum atomic E-state index is 0.654. The number of hydrogen-bond donors (Lipinski definition) is 0. The fraction of sp³-hybridized carbons (Fsp3) is 0.500. The van der Waals surface area contributed by atoms with Gasteiger partial charge in [-0.15, -0.1) is 6.58 Å². The molecule has 0 saturated heterocycles. The summed E-state index contributed by atoms with van der Waals surface area (Å²) in [5.41, 5.74) is 0. The van der Waals surface area contributed by atoms with E-state index < -0.39 is 0 Å². The maximum Gasteiger partial charge on any atom is 0.128 e. The van der Waals surface area contributed by atoms with Crippen LogP contribution < -0.4 is 4.90 Å². The van der Waals surface area contributed by atoms with E-state index >= 15 is 0 Å². The highest BCUT2D eigenvalue weighted by Crippen LogP contribution is 2.25. The van der Waals surface area contributed by atoms with E-state index in [1.807, 2.05) is 18.3 Å². The molecule has 0 aromatic carbocycles. The summed E-state index contributed by atoms with van der Waals surface area (Å²) in [5, 5.41) is 0. The van der Waals surface area contributed by atoms with Gasteiger partial charge in [-0.05, 0) is 25.0 Å². The predicted molar refractivity (Wildman–Crippen MR) is 68.7 cm³/mol. The molecule has 2 heteroatoms. The Bertz CT molecular complexity index is 315. The summed E-state index contributed by atoms with van der Waals surface area (Å²) in [4.78, 5) is 6.85. The first-order valence-electron chi connectivity index (χ1n) is 6.20. The van der Waals surface area contributed by atoms with Crippen LogP contribution in [0.5, 0.6) is 0 Å². The van der Waals surface area contributed by atoms with Crippen molar-refractivity contribution in [2.24, 2.45) is 0 Å². The average Bonchev–Trinajstić information content (AvgIpc) is 2.38. The van der Waals surface area contributed by atoms with Gasteiger partial charge in [-0.25, -0.2) is 4.98 Å². The van der Waals surface area contributed by atoms with E-state index in [2.05, 4.69) is 28.6 Å².